The van der Waals surface area contributed by atoms with E-state index in [1.807, 2.05) is 0 Å². The fourth-order valence-electron chi connectivity index (χ4n) is 1.82. The fourth-order valence-corrected chi connectivity index (χ4v) is 2.65. The minimum Gasteiger partial charge on any atom is -0.301 e. The number of nitrogens with zero attached hydrogens (tertiary/aromatic N) is 3. The minimum absolute atomic E-state index is 0.594. The van der Waals surface area contributed by atoms with Gasteiger partial charge in [-0.15, -0.1) is 0 Å². The molecule has 0 radical (unpaired) electrons. The Hall–Kier alpha value is -0.640. The van der Waals surface area contributed by atoms with E-state index >= 15 is 0 Å². The molecule has 1 aliphatic heterocycles. The predicted octanol–water partition coefficient (Wildman–Crippen LogP) is 0.257. The van der Waals surface area contributed by atoms with Gasteiger partial charge in [0.15, 0.2) is 0 Å². The van der Waals surface area contributed by atoms with E-state index in [1.54, 1.807) is 0 Å². The lowest BCUT2D eigenvalue weighted by molar-refractivity contribution is 0.186. The van der Waals surface area contributed by atoms with Crippen LogP contribution in [0.15, 0.2) is 0 Å². The van der Waals surface area contributed by atoms with Crippen LogP contribution in [0.1, 0.15) is 19.3 Å². The Balaban J connectivity index is 2.20. The molecule has 0 amide bonds. The number of rotatable bonds is 5. The van der Waals surface area contributed by atoms with Crippen LogP contribution in [0.4, 0.5) is 0 Å². The van der Waals surface area contributed by atoms with E-state index in [0.717, 1.165) is 32.5 Å². The maximum atomic E-state index is 11.3. The van der Waals surface area contributed by atoms with Crippen LogP contribution in [0.3, 0.4) is 0 Å². The normalized spacial score (nSPS) is 19.5. The van der Waals surface area contributed by atoms with E-state index in [2.05, 4.69) is 11.0 Å². The van der Waals surface area contributed by atoms with E-state index in [9.17, 15) is 8.42 Å². The minimum atomic E-state index is -3.01. The second-order valence-electron chi connectivity index (χ2n) is 4.12. The van der Waals surface area contributed by atoms with Gasteiger partial charge >= 0.3 is 0 Å². The fraction of sp³-hybridized carbons (Fsp3) is 0.900. The zero-order valence-electron chi connectivity index (χ0n) is 9.72. The van der Waals surface area contributed by atoms with E-state index in [0.29, 0.717) is 19.5 Å². The summed E-state index contributed by atoms with van der Waals surface area (Å²) < 4.78 is 24.1. The summed E-state index contributed by atoms with van der Waals surface area (Å²) in [6.45, 7) is 3.77. The van der Waals surface area contributed by atoms with Gasteiger partial charge in [0, 0.05) is 32.6 Å². The van der Waals surface area contributed by atoms with Crippen LogP contribution >= 0.6 is 0 Å². The number of hydrogen-bond acceptors (Lipinski definition) is 4. The van der Waals surface area contributed by atoms with Crippen molar-refractivity contribution in [1.82, 2.24) is 9.21 Å². The zero-order chi connectivity index (χ0) is 12.0. The van der Waals surface area contributed by atoms with E-state index in [4.69, 9.17) is 5.26 Å². The van der Waals surface area contributed by atoms with Crippen molar-refractivity contribution < 1.29 is 8.42 Å². The second kappa shape index (κ2) is 6.18. The number of nitriles is 1. The average molecular weight is 245 g/mol. The molecule has 0 aromatic heterocycles. The summed E-state index contributed by atoms with van der Waals surface area (Å²) in [6, 6.07) is 2.13. The van der Waals surface area contributed by atoms with Gasteiger partial charge in [-0.3, -0.25) is 0 Å². The first kappa shape index (κ1) is 13.4. The summed E-state index contributed by atoms with van der Waals surface area (Å²) in [4.78, 5) is 2.26. The lowest BCUT2D eigenvalue weighted by atomic mass is 10.2. The molecule has 0 N–H and O–H groups in total. The summed E-state index contributed by atoms with van der Waals surface area (Å²) in [5.74, 6) is 0. The highest BCUT2D eigenvalue weighted by atomic mass is 32.2. The average Bonchev–Trinajstić information content (AvgIpc) is 2.24. The quantitative estimate of drug-likeness (QED) is 0.652. The molecule has 92 valence electrons. The van der Waals surface area contributed by atoms with Gasteiger partial charge in [0.1, 0.15) is 0 Å². The molecule has 5 nitrogen and oxygen atoms in total. The predicted molar refractivity (Wildman–Crippen MR) is 62.3 cm³/mol. The molecule has 0 saturated carbocycles. The highest BCUT2D eigenvalue weighted by Gasteiger charge is 2.22. The van der Waals surface area contributed by atoms with Crippen molar-refractivity contribution in [3.63, 3.8) is 0 Å². The highest BCUT2D eigenvalue weighted by Crippen LogP contribution is 2.07. The number of sulfonamides is 1. The van der Waals surface area contributed by atoms with Crippen molar-refractivity contribution in [2.24, 2.45) is 0 Å². The highest BCUT2D eigenvalue weighted by molar-refractivity contribution is 7.88. The molecule has 1 saturated heterocycles. The van der Waals surface area contributed by atoms with Gasteiger partial charge in [-0.1, -0.05) is 0 Å². The Morgan fingerprint density at radius 2 is 1.81 bits per heavy atom. The molecule has 1 heterocycles. The standard InChI is InChI=1S/C10H19N3O2S/c1-16(14,15)13-9-7-12(8-10-13)6-4-2-3-5-11/h2-4,6-10H2,1H3. The van der Waals surface area contributed by atoms with Crippen LogP contribution in [-0.4, -0.2) is 56.6 Å². The molecule has 1 fully saturated rings. The lowest BCUT2D eigenvalue weighted by Gasteiger charge is -2.33. The molecular formula is C10H19N3O2S. The topological polar surface area (TPSA) is 64.4 Å². The van der Waals surface area contributed by atoms with Crippen molar-refractivity contribution >= 4 is 10.0 Å². The Morgan fingerprint density at radius 3 is 2.31 bits per heavy atom. The second-order valence-corrected chi connectivity index (χ2v) is 6.10. The van der Waals surface area contributed by atoms with Gasteiger partial charge in [-0.25, -0.2) is 8.42 Å². The summed E-state index contributed by atoms with van der Waals surface area (Å²) in [6.07, 6.45) is 3.83. The largest absolute Gasteiger partial charge is 0.301 e. The van der Waals surface area contributed by atoms with Crippen molar-refractivity contribution in [1.29, 1.82) is 5.26 Å². The first-order valence-electron chi connectivity index (χ1n) is 5.58. The van der Waals surface area contributed by atoms with Crippen molar-refractivity contribution in [2.45, 2.75) is 19.3 Å². The third-order valence-electron chi connectivity index (χ3n) is 2.81. The van der Waals surface area contributed by atoms with E-state index in [1.165, 1.54) is 10.6 Å². The monoisotopic (exact) mass is 245 g/mol. The Morgan fingerprint density at radius 1 is 1.19 bits per heavy atom. The van der Waals surface area contributed by atoms with Crippen LogP contribution in [0.5, 0.6) is 0 Å². The SMILES string of the molecule is CS(=O)(=O)N1CCN(CCCCC#N)CC1. The lowest BCUT2D eigenvalue weighted by Crippen LogP contribution is -2.48. The maximum Gasteiger partial charge on any atom is 0.211 e. The molecule has 0 atom stereocenters. The summed E-state index contributed by atoms with van der Waals surface area (Å²) >= 11 is 0. The molecule has 1 rings (SSSR count). The number of hydrogen-bond donors (Lipinski definition) is 0. The first-order chi connectivity index (χ1) is 7.54. The molecule has 1 aliphatic rings. The third-order valence-corrected chi connectivity index (χ3v) is 4.12. The van der Waals surface area contributed by atoms with Gasteiger partial charge in [-0.2, -0.15) is 9.57 Å². The van der Waals surface area contributed by atoms with Gasteiger partial charge in [-0.05, 0) is 19.4 Å². The zero-order valence-corrected chi connectivity index (χ0v) is 10.5. The number of unbranched alkanes of at least 4 members (excludes halogenated alkanes) is 2. The molecule has 0 aromatic carbocycles. The van der Waals surface area contributed by atoms with Crippen LogP contribution < -0.4 is 0 Å². The molecule has 0 aromatic rings. The molecule has 6 heteroatoms. The molecular weight excluding hydrogens is 226 g/mol. The molecule has 16 heavy (non-hydrogen) atoms. The maximum absolute atomic E-state index is 11.3. The van der Waals surface area contributed by atoms with Gasteiger partial charge in [0.05, 0.1) is 12.3 Å². The van der Waals surface area contributed by atoms with Crippen LogP contribution in [0, 0.1) is 11.3 Å². The van der Waals surface area contributed by atoms with E-state index < -0.39 is 10.0 Å². The van der Waals surface area contributed by atoms with Gasteiger partial charge in [0.25, 0.3) is 0 Å². The Labute approximate surface area is 97.7 Å². The van der Waals surface area contributed by atoms with Gasteiger partial charge < -0.3 is 4.90 Å². The number of piperazine rings is 1. The first-order valence-corrected chi connectivity index (χ1v) is 7.43. The molecule has 0 spiro atoms. The van der Waals surface area contributed by atoms with Crippen LogP contribution in [0.25, 0.3) is 0 Å². The smallest absolute Gasteiger partial charge is 0.211 e. The molecule has 0 aliphatic carbocycles. The summed E-state index contributed by atoms with van der Waals surface area (Å²) in [5.41, 5.74) is 0. The summed E-state index contributed by atoms with van der Waals surface area (Å²) in [7, 11) is -3.01. The Bertz CT molecular complexity index is 340. The van der Waals surface area contributed by atoms with Crippen molar-refractivity contribution in [3.8, 4) is 6.07 Å². The molecule has 0 unspecified atom stereocenters. The van der Waals surface area contributed by atoms with Crippen LogP contribution in [-0.2, 0) is 10.0 Å². The van der Waals surface area contributed by atoms with Crippen molar-refractivity contribution in [2.75, 3.05) is 39.0 Å². The van der Waals surface area contributed by atoms with E-state index in [-0.39, 0.29) is 0 Å². The Kier molecular flexibility index (Phi) is 5.19. The van der Waals surface area contributed by atoms with Crippen molar-refractivity contribution in [3.05, 3.63) is 0 Å². The van der Waals surface area contributed by atoms with Gasteiger partial charge in [0.2, 0.25) is 10.0 Å². The van der Waals surface area contributed by atoms with Crippen LogP contribution in [0.2, 0.25) is 0 Å². The third kappa shape index (κ3) is 4.47. The molecule has 0 bridgehead atoms. The summed E-state index contributed by atoms with van der Waals surface area (Å²) in [5, 5.41) is 8.39.